The molecule has 0 atom stereocenters. The maximum absolute atomic E-state index is 11.0. The molecule has 0 radical (unpaired) electrons. The van der Waals surface area contributed by atoms with Crippen molar-refractivity contribution in [1.82, 2.24) is 4.72 Å². The lowest BCUT2D eigenvalue weighted by Crippen LogP contribution is -2.23. The molecule has 0 bridgehead atoms. The number of benzene rings is 2. The molecule has 114 valence electrons. The molecule has 0 saturated heterocycles. The van der Waals surface area contributed by atoms with Crippen molar-refractivity contribution in [2.24, 2.45) is 0 Å². The van der Waals surface area contributed by atoms with Crippen LogP contribution in [0, 0.1) is 0 Å². The van der Waals surface area contributed by atoms with E-state index < -0.39 is 10.0 Å². The Kier molecular flexibility index (Phi) is 4.69. The zero-order valence-corrected chi connectivity index (χ0v) is 12.9. The van der Waals surface area contributed by atoms with Crippen LogP contribution in [0.15, 0.2) is 30.3 Å². The van der Waals surface area contributed by atoms with Crippen LogP contribution in [0.4, 0.5) is 0 Å². The molecule has 0 aliphatic carbocycles. The van der Waals surface area contributed by atoms with Crippen molar-refractivity contribution >= 4 is 20.8 Å². The molecule has 0 aromatic heterocycles. The number of sulfonamides is 1. The van der Waals surface area contributed by atoms with Crippen molar-refractivity contribution in [2.45, 2.75) is 12.8 Å². The quantitative estimate of drug-likeness (QED) is 0.801. The van der Waals surface area contributed by atoms with E-state index in [9.17, 15) is 13.5 Å². The molecule has 21 heavy (non-hydrogen) atoms. The maximum Gasteiger partial charge on any atom is 0.208 e. The summed E-state index contributed by atoms with van der Waals surface area (Å²) in [6, 6.07) is 9.28. The van der Waals surface area contributed by atoms with Crippen LogP contribution in [0.25, 0.3) is 10.8 Å². The molecule has 2 rings (SSSR count). The van der Waals surface area contributed by atoms with Gasteiger partial charge in [0.25, 0.3) is 0 Å². The standard InChI is InChI=1S/C15H19NO4S/c1-20-14-10-11(6-5-9-16-21(2,18)19)15(17)13-8-4-3-7-12(13)14/h3-4,7-8,10,16-17H,5-6,9H2,1-2H3. The molecule has 0 amide bonds. The van der Waals surface area contributed by atoms with Gasteiger partial charge in [-0.2, -0.15) is 0 Å². The average molecular weight is 309 g/mol. The second-order valence-electron chi connectivity index (χ2n) is 4.90. The Morgan fingerprint density at radius 2 is 1.90 bits per heavy atom. The zero-order valence-electron chi connectivity index (χ0n) is 12.1. The Morgan fingerprint density at radius 1 is 1.24 bits per heavy atom. The molecular weight excluding hydrogens is 290 g/mol. The minimum Gasteiger partial charge on any atom is -0.507 e. The van der Waals surface area contributed by atoms with Crippen LogP contribution in [0.5, 0.6) is 11.5 Å². The number of aromatic hydroxyl groups is 1. The fourth-order valence-corrected chi connectivity index (χ4v) is 2.79. The molecule has 2 aromatic rings. The molecule has 0 saturated carbocycles. The van der Waals surface area contributed by atoms with Gasteiger partial charge in [-0.15, -0.1) is 0 Å². The van der Waals surface area contributed by atoms with Crippen molar-refractivity contribution in [3.8, 4) is 11.5 Å². The number of fused-ring (bicyclic) bond motifs is 1. The fourth-order valence-electron chi connectivity index (χ4n) is 2.28. The molecule has 0 fully saturated rings. The SMILES string of the molecule is COc1cc(CCCNS(C)(=O)=O)c(O)c2ccccc12. The largest absolute Gasteiger partial charge is 0.507 e. The lowest BCUT2D eigenvalue weighted by molar-refractivity contribution is 0.417. The first kappa shape index (κ1) is 15.6. The van der Waals surface area contributed by atoms with Gasteiger partial charge in [0.2, 0.25) is 10.0 Å². The second-order valence-corrected chi connectivity index (χ2v) is 6.74. The number of nitrogens with one attached hydrogen (secondary N) is 1. The number of aryl methyl sites for hydroxylation is 1. The molecule has 0 unspecified atom stereocenters. The third kappa shape index (κ3) is 3.86. The second kappa shape index (κ2) is 6.32. The maximum atomic E-state index is 11.0. The van der Waals surface area contributed by atoms with E-state index in [1.54, 1.807) is 13.2 Å². The first-order valence-electron chi connectivity index (χ1n) is 6.64. The first-order chi connectivity index (χ1) is 9.92. The molecule has 0 aliphatic rings. The van der Waals surface area contributed by atoms with Crippen molar-refractivity contribution in [3.63, 3.8) is 0 Å². The van der Waals surface area contributed by atoms with Gasteiger partial charge in [0, 0.05) is 17.3 Å². The molecule has 5 nitrogen and oxygen atoms in total. The topological polar surface area (TPSA) is 75.6 Å². The lowest BCUT2D eigenvalue weighted by atomic mass is 10.0. The predicted octanol–water partition coefficient (Wildman–Crippen LogP) is 2.04. The number of methoxy groups -OCH3 is 1. The number of ether oxygens (including phenoxy) is 1. The smallest absolute Gasteiger partial charge is 0.208 e. The van der Waals surface area contributed by atoms with Crippen molar-refractivity contribution in [1.29, 1.82) is 0 Å². The van der Waals surface area contributed by atoms with Crippen LogP contribution in [0.3, 0.4) is 0 Å². The van der Waals surface area contributed by atoms with E-state index in [1.807, 2.05) is 24.3 Å². The number of phenolic OH excluding ortho intramolecular Hbond substituents is 1. The Morgan fingerprint density at radius 3 is 2.52 bits per heavy atom. The Hall–Kier alpha value is -1.79. The van der Waals surface area contributed by atoms with Crippen molar-refractivity contribution < 1.29 is 18.3 Å². The summed E-state index contributed by atoms with van der Waals surface area (Å²) in [6.45, 7) is 0.341. The van der Waals surface area contributed by atoms with Gasteiger partial charge in [-0.05, 0) is 24.5 Å². The zero-order chi connectivity index (χ0) is 15.5. The summed E-state index contributed by atoms with van der Waals surface area (Å²) in [5.74, 6) is 0.931. The third-order valence-electron chi connectivity index (χ3n) is 3.26. The van der Waals surface area contributed by atoms with E-state index in [0.29, 0.717) is 25.1 Å². The van der Waals surface area contributed by atoms with Gasteiger partial charge >= 0.3 is 0 Å². The highest BCUT2D eigenvalue weighted by molar-refractivity contribution is 7.88. The normalized spacial score (nSPS) is 11.7. The summed E-state index contributed by atoms with van der Waals surface area (Å²) in [5.41, 5.74) is 0.751. The van der Waals surface area contributed by atoms with Gasteiger partial charge in [0.15, 0.2) is 0 Å². The molecule has 0 heterocycles. The lowest BCUT2D eigenvalue weighted by Gasteiger charge is -2.12. The minimum absolute atomic E-state index is 0.228. The molecule has 0 spiro atoms. The Labute approximate surface area is 124 Å². The Balaban J connectivity index is 2.22. The molecule has 2 aromatic carbocycles. The summed E-state index contributed by atoms with van der Waals surface area (Å²) in [5, 5.41) is 11.9. The van der Waals surface area contributed by atoms with Gasteiger partial charge in [-0.3, -0.25) is 0 Å². The highest BCUT2D eigenvalue weighted by atomic mass is 32.2. The predicted molar refractivity (Wildman–Crippen MR) is 83.3 cm³/mol. The average Bonchev–Trinajstić information content (AvgIpc) is 2.45. The summed E-state index contributed by atoms with van der Waals surface area (Å²) in [6.07, 6.45) is 2.29. The van der Waals surface area contributed by atoms with Gasteiger partial charge in [-0.1, -0.05) is 24.3 Å². The van der Waals surface area contributed by atoms with E-state index in [0.717, 1.165) is 22.6 Å². The van der Waals surface area contributed by atoms with Crippen LogP contribution in [0.2, 0.25) is 0 Å². The molecule has 6 heteroatoms. The molecule has 2 N–H and O–H groups in total. The summed E-state index contributed by atoms with van der Waals surface area (Å²) < 4.78 is 29.8. The van der Waals surface area contributed by atoms with Crippen molar-refractivity contribution in [3.05, 3.63) is 35.9 Å². The summed E-state index contributed by atoms with van der Waals surface area (Å²) >= 11 is 0. The minimum atomic E-state index is -3.17. The number of phenols is 1. The van der Waals surface area contributed by atoms with E-state index >= 15 is 0 Å². The van der Waals surface area contributed by atoms with Crippen LogP contribution < -0.4 is 9.46 Å². The van der Waals surface area contributed by atoms with Crippen LogP contribution in [-0.4, -0.2) is 33.4 Å². The van der Waals surface area contributed by atoms with Crippen LogP contribution >= 0.6 is 0 Å². The summed E-state index contributed by atoms with van der Waals surface area (Å²) in [7, 11) is -1.58. The highest BCUT2D eigenvalue weighted by Crippen LogP contribution is 2.36. The fraction of sp³-hybridized carbons (Fsp3) is 0.333. The number of hydrogen-bond donors (Lipinski definition) is 2. The van der Waals surface area contributed by atoms with Gasteiger partial charge < -0.3 is 9.84 Å². The molecular formula is C15H19NO4S. The number of rotatable bonds is 6. The monoisotopic (exact) mass is 309 g/mol. The first-order valence-corrected chi connectivity index (χ1v) is 8.53. The van der Waals surface area contributed by atoms with Gasteiger partial charge in [0.1, 0.15) is 11.5 Å². The number of hydrogen-bond acceptors (Lipinski definition) is 4. The highest BCUT2D eigenvalue weighted by Gasteiger charge is 2.11. The van der Waals surface area contributed by atoms with E-state index in [4.69, 9.17) is 4.74 Å². The summed E-state index contributed by atoms with van der Waals surface area (Å²) in [4.78, 5) is 0. The third-order valence-corrected chi connectivity index (χ3v) is 3.99. The van der Waals surface area contributed by atoms with Gasteiger partial charge in [-0.25, -0.2) is 13.1 Å². The molecule has 0 aliphatic heterocycles. The Bertz CT molecular complexity index is 741. The van der Waals surface area contributed by atoms with Gasteiger partial charge in [0.05, 0.1) is 13.4 Å². The van der Waals surface area contributed by atoms with E-state index in [2.05, 4.69) is 4.72 Å². The van der Waals surface area contributed by atoms with Crippen LogP contribution in [0.1, 0.15) is 12.0 Å². The van der Waals surface area contributed by atoms with Crippen LogP contribution in [-0.2, 0) is 16.4 Å². The van der Waals surface area contributed by atoms with E-state index in [-0.39, 0.29) is 5.75 Å². The van der Waals surface area contributed by atoms with Crippen molar-refractivity contribution in [2.75, 3.05) is 19.9 Å². The van der Waals surface area contributed by atoms with E-state index in [1.165, 1.54) is 0 Å².